The fourth-order valence-corrected chi connectivity index (χ4v) is 2.89. The van der Waals surface area contributed by atoms with E-state index in [4.69, 9.17) is 9.26 Å². The first kappa shape index (κ1) is 18.2. The Labute approximate surface area is 160 Å². The van der Waals surface area contributed by atoms with Gasteiger partial charge in [-0.25, -0.2) is 0 Å². The molecule has 0 radical (unpaired) electrons. The summed E-state index contributed by atoms with van der Waals surface area (Å²) < 4.78 is 11.8. The maximum atomic E-state index is 12.2. The number of anilines is 1. The van der Waals surface area contributed by atoms with Gasteiger partial charge in [0.05, 0.1) is 23.4 Å². The van der Waals surface area contributed by atoms with Crippen LogP contribution in [0.5, 0.6) is 5.75 Å². The molecule has 6 heteroatoms. The summed E-state index contributed by atoms with van der Waals surface area (Å²) in [4.78, 5) is 12.2. The van der Waals surface area contributed by atoms with E-state index in [1.54, 1.807) is 0 Å². The Morgan fingerprint density at radius 1 is 1.15 bits per heavy atom. The van der Waals surface area contributed by atoms with E-state index in [-0.39, 0.29) is 5.91 Å². The lowest BCUT2D eigenvalue weighted by molar-refractivity contribution is -0.115. The molecule has 0 atom stereocenters. The van der Waals surface area contributed by atoms with Crippen LogP contribution in [0.4, 0.5) is 5.69 Å². The number of aromatic nitrogens is 1. The Hall–Kier alpha value is -2.60. The second-order valence-corrected chi connectivity index (χ2v) is 6.79. The highest BCUT2D eigenvalue weighted by molar-refractivity contribution is 9.10. The first-order valence-electron chi connectivity index (χ1n) is 8.21. The molecule has 0 aliphatic rings. The van der Waals surface area contributed by atoms with Gasteiger partial charge in [0, 0.05) is 4.47 Å². The topological polar surface area (TPSA) is 64.4 Å². The Bertz CT molecular complexity index is 884. The molecular weight excluding hydrogens is 396 g/mol. The van der Waals surface area contributed by atoms with Gasteiger partial charge in [0.2, 0.25) is 5.91 Å². The quantitative estimate of drug-likeness (QED) is 0.628. The van der Waals surface area contributed by atoms with Crippen molar-refractivity contribution in [2.75, 3.05) is 5.32 Å². The zero-order valence-electron chi connectivity index (χ0n) is 14.6. The summed E-state index contributed by atoms with van der Waals surface area (Å²) in [5.41, 5.74) is 3.47. The molecule has 0 fully saturated rings. The van der Waals surface area contributed by atoms with Crippen LogP contribution < -0.4 is 10.1 Å². The Morgan fingerprint density at radius 3 is 2.54 bits per heavy atom. The third-order valence-electron chi connectivity index (χ3n) is 4.00. The van der Waals surface area contributed by atoms with Crippen molar-refractivity contribution in [2.45, 2.75) is 26.9 Å². The van der Waals surface area contributed by atoms with E-state index in [1.165, 1.54) is 0 Å². The smallest absolute Gasteiger partial charge is 0.228 e. The first-order valence-corrected chi connectivity index (χ1v) is 9.00. The summed E-state index contributed by atoms with van der Waals surface area (Å²) in [5, 5.41) is 6.81. The number of halogens is 1. The van der Waals surface area contributed by atoms with Gasteiger partial charge in [-0.2, -0.15) is 0 Å². The molecule has 0 aliphatic carbocycles. The van der Waals surface area contributed by atoms with Gasteiger partial charge in [-0.05, 0) is 59.6 Å². The van der Waals surface area contributed by atoms with E-state index in [2.05, 4.69) is 26.4 Å². The number of ether oxygens (including phenoxy) is 1. The van der Waals surface area contributed by atoms with Crippen molar-refractivity contribution in [3.8, 4) is 5.75 Å². The minimum Gasteiger partial charge on any atom is -0.489 e. The molecule has 3 rings (SSSR count). The number of nitrogens with one attached hydrogen (secondary N) is 1. The van der Waals surface area contributed by atoms with E-state index in [1.807, 2.05) is 62.4 Å². The molecule has 1 N–H and O–H groups in total. The number of para-hydroxylation sites is 1. The maximum absolute atomic E-state index is 12.2. The van der Waals surface area contributed by atoms with Gasteiger partial charge in [0.1, 0.15) is 18.1 Å². The molecule has 3 aromatic rings. The molecule has 2 aromatic carbocycles. The number of carbonyl (C=O) groups is 1. The number of nitrogens with zero attached hydrogens (tertiary/aromatic N) is 1. The standard InChI is InChI=1S/C20H19BrN2O3/c1-13-17(14(2)26-23-13)12-25-16-9-7-15(8-10-16)11-20(24)22-19-6-4-3-5-18(19)21/h3-10H,11-12H2,1-2H3,(H,22,24). The summed E-state index contributed by atoms with van der Waals surface area (Å²) in [6.45, 7) is 4.16. The largest absolute Gasteiger partial charge is 0.489 e. The summed E-state index contributed by atoms with van der Waals surface area (Å²) in [6.07, 6.45) is 0.297. The van der Waals surface area contributed by atoms with Crippen molar-refractivity contribution in [1.82, 2.24) is 5.16 Å². The van der Waals surface area contributed by atoms with Gasteiger partial charge in [-0.1, -0.05) is 29.4 Å². The second kappa shape index (κ2) is 8.19. The molecule has 0 spiro atoms. The van der Waals surface area contributed by atoms with Crippen LogP contribution in [0, 0.1) is 13.8 Å². The average Bonchev–Trinajstić information content (AvgIpc) is 2.94. The Morgan fingerprint density at radius 2 is 1.88 bits per heavy atom. The number of carbonyl (C=O) groups excluding carboxylic acids is 1. The number of benzene rings is 2. The van der Waals surface area contributed by atoms with Crippen LogP contribution in [0.2, 0.25) is 0 Å². The molecule has 0 saturated carbocycles. The van der Waals surface area contributed by atoms with E-state index < -0.39 is 0 Å². The summed E-state index contributed by atoms with van der Waals surface area (Å²) in [5.74, 6) is 1.43. The molecule has 26 heavy (non-hydrogen) atoms. The van der Waals surface area contributed by atoms with Crippen LogP contribution in [0.3, 0.4) is 0 Å². The van der Waals surface area contributed by atoms with Crippen molar-refractivity contribution in [3.05, 3.63) is 75.6 Å². The van der Waals surface area contributed by atoms with Crippen LogP contribution in [0.1, 0.15) is 22.6 Å². The lowest BCUT2D eigenvalue weighted by Crippen LogP contribution is -2.14. The molecule has 0 saturated heterocycles. The minimum atomic E-state index is -0.0683. The van der Waals surface area contributed by atoms with E-state index >= 15 is 0 Å². The zero-order chi connectivity index (χ0) is 18.5. The predicted octanol–water partition coefficient (Wildman–Crippen LogP) is 4.81. The number of hydrogen-bond donors (Lipinski definition) is 1. The highest BCUT2D eigenvalue weighted by Gasteiger charge is 2.10. The van der Waals surface area contributed by atoms with Crippen LogP contribution in [0.15, 0.2) is 57.5 Å². The molecule has 0 aliphatic heterocycles. The maximum Gasteiger partial charge on any atom is 0.228 e. The molecule has 134 valence electrons. The Balaban J connectivity index is 1.56. The number of hydrogen-bond acceptors (Lipinski definition) is 4. The Kier molecular flexibility index (Phi) is 5.73. The fraction of sp³-hybridized carbons (Fsp3) is 0.200. The normalized spacial score (nSPS) is 10.6. The monoisotopic (exact) mass is 414 g/mol. The lowest BCUT2D eigenvalue weighted by Gasteiger charge is -2.09. The fourth-order valence-electron chi connectivity index (χ4n) is 2.51. The molecule has 1 heterocycles. The molecule has 5 nitrogen and oxygen atoms in total. The van der Waals surface area contributed by atoms with Gasteiger partial charge in [0.15, 0.2) is 0 Å². The minimum absolute atomic E-state index is 0.0683. The molecule has 0 bridgehead atoms. The van der Waals surface area contributed by atoms with Crippen LogP contribution in [-0.2, 0) is 17.8 Å². The lowest BCUT2D eigenvalue weighted by atomic mass is 10.1. The third kappa shape index (κ3) is 4.52. The molecule has 0 unspecified atom stereocenters. The first-order chi connectivity index (χ1) is 12.5. The van der Waals surface area contributed by atoms with Crippen molar-refractivity contribution in [2.24, 2.45) is 0 Å². The van der Waals surface area contributed by atoms with Gasteiger partial charge in [-0.3, -0.25) is 4.79 Å². The van der Waals surface area contributed by atoms with Gasteiger partial charge in [-0.15, -0.1) is 0 Å². The van der Waals surface area contributed by atoms with Crippen molar-refractivity contribution in [3.63, 3.8) is 0 Å². The SMILES string of the molecule is Cc1noc(C)c1COc1ccc(CC(=O)Nc2ccccc2Br)cc1. The van der Waals surface area contributed by atoms with Crippen molar-refractivity contribution >= 4 is 27.5 Å². The second-order valence-electron chi connectivity index (χ2n) is 5.94. The van der Waals surface area contributed by atoms with E-state index in [0.29, 0.717) is 13.0 Å². The summed E-state index contributed by atoms with van der Waals surface area (Å²) >= 11 is 3.42. The van der Waals surface area contributed by atoms with Crippen LogP contribution >= 0.6 is 15.9 Å². The predicted molar refractivity (Wildman–Crippen MR) is 103 cm³/mol. The van der Waals surface area contributed by atoms with Crippen LogP contribution in [-0.4, -0.2) is 11.1 Å². The van der Waals surface area contributed by atoms with Gasteiger partial charge >= 0.3 is 0 Å². The summed E-state index contributed by atoms with van der Waals surface area (Å²) in [7, 11) is 0. The van der Waals surface area contributed by atoms with Gasteiger partial charge in [0.25, 0.3) is 0 Å². The number of aryl methyl sites for hydroxylation is 2. The molecular formula is C20H19BrN2O3. The molecule has 1 amide bonds. The summed E-state index contributed by atoms with van der Waals surface area (Å²) in [6, 6.07) is 15.0. The van der Waals surface area contributed by atoms with E-state index in [0.717, 1.165) is 38.5 Å². The highest BCUT2D eigenvalue weighted by Crippen LogP contribution is 2.22. The molecule has 1 aromatic heterocycles. The average molecular weight is 415 g/mol. The van der Waals surface area contributed by atoms with Crippen LogP contribution in [0.25, 0.3) is 0 Å². The van der Waals surface area contributed by atoms with Crippen molar-refractivity contribution < 1.29 is 14.1 Å². The third-order valence-corrected chi connectivity index (χ3v) is 4.69. The van der Waals surface area contributed by atoms with E-state index in [9.17, 15) is 4.79 Å². The van der Waals surface area contributed by atoms with Gasteiger partial charge < -0.3 is 14.6 Å². The zero-order valence-corrected chi connectivity index (χ0v) is 16.2. The van der Waals surface area contributed by atoms with Crippen molar-refractivity contribution in [1.29, 1.82) is 0 Å². The number of rotatable bonds is 6. The number of amides is 1. The highest BCUT2D eigenvalue weighted by atomic mass is 79.9.